The minimum atomic E-state index is -0.511. The van der Waals surface area contributed by atoms with Crippen LogP contribution in [-0.4, -0.2) is 53.0 Å². The van der Waals surface area contributed by atoms with Crippen molar-refractivity contribution in [3.05, 3.63) is 59.3 Å². The summed E-state index contributed by atoms with van der Waals surface area (Å²) in [5.41, 5.74) is 3.97. The number of aromatic amines is 1. The van der Waals surface area contributed by atoms with Gasteiger partial charge in [-0.05, 0) is 29.3 Å². The summed E-state index contributed by atoms with van der Waals surface area (Å²) in [5.74, 6) is 1.28. The summed E-state index contributed by atoms with van der Waals surface area (Å²) >= 11 is 0. The van der Waals surface area contributed by atoms with Gasteiger partial charge in [0, 0.05) is 30.1 Å². The molecule has 4 heterocycles. The summed E-state index contributed by atoms with van der Waals surface area (Å²) < 4.78 is 11.0. The molecule has 0 aliphatic carbocycles. The monoisotopic (exact) mass is 469 g/mol. The highest BCUT2D eigenvalue weighted by Gasteiger charge is 2.47. The third-order valence-electron chi connectivity index (χ3n) is 6.17. The summed E-state index contributed by atoms with van der Waals surface area (Å²) in [4.78, 5) is 32.9. The summed E-state index contributed by atoms with van der Waals surface area (Å²) in [7, 11) is 1.69. The van der Waals surface area contributed by atoms with E-state index < -0.39 is 6.04 Å². The number of likely N-dealkylation sites (N-methyl/N-ethyl adjacent to an activating group) is 1. The lowest BCUT2D eigenvalue weighted by Crippen LogP contribution is -2.62. The summed E-state index contributed by atoms with van der Waals surface area (Å²) in [6, 6.07) is 12.9. The number of benzene rings is 2. The predicted molar refractivity (Wildman–Crippen MR) is 115 cm³/mol. The Morgan fingerprint density at radius 2 is 1.87 bits per heavy atom. The third kappa shape index (κ3) is 2.56. The van der Waals surface area contributed by atoms with E-state index in [1.54, 1.807) is 11.9 Å². The highest BCUT2D eigenvalue weighted by atomic mass is 79.9. The van der Waals surface area contributed by atoms with Crippen molar-refractivity contribution >= 4 is 39.7 Å². The number of carbonyl (C=O) groups excluding carboxylic acids is 2. The number of H-pyrrole nitrogens is 1. The molecule has 0 spiro atoms. The largest absolute Gasteiger partial charge is 0.454 e. The first-order valence-electron chi connectivity index (χ1n) is 9.67. The van der Waals surface area contributed by atoms with Crippen molar-refractivity contribution in [1.29, 1.82) is 0 Å². The first-order valence-corrected chi connectivity index (χ1v) is 9.67. The quantitative estimate of drug-likeness (QED) is 0.594. The van der Waals surface area contributed by atoms with E-state index in [1.807, 2.05) is 36.4 Å². The van der Waals surface area contributed by atoms with Gasteiger partial charge in [0.05, 0.1) is 12.6 Å². The number of carbonyl (C=O) groups is 2. The number of ether oxygens (including phenoxy) is 2. The summed E-state index contributed by atoms with van der Waals surface area (Å²) in [6.07, 6.45) is 0.509. The molecule has 30 heavy (non-hydrogen) atoms. The van der Waals surface area contributed by atoms with E-state index in [2.05, 4.69) is 11.1 Å². The number of para-hydroxylation sites is 1. The highest BCUT2D eigenvalue weighted by molar-refractivity contribution is 8.93. The fourth-order valence-corrected chi connectivity index (χ4v) is 4.84. The molecule has 2 atom stereocenters. The van der Waals surface area contributed by atoms with Crippen molar-refractivity contribution in [2.45, 2.75) is 18.5 Å². The average Bonchev–Trinajstić information content (AvgIpc) is 3.34. The Morgan fingerprint density at radius 1 is 1.07 bits per heavy atom. The van der Waals surface area contributed by atoms with Gasteiger partial charge in [-0.3, -0.25) is 9.59 Å². The SMILES string of the molecule is Br.CN1CC(=O)N2[C@H](c3ccc4c(c3)OCO4)c3[nH]c4ccccc4c3C[C@@H]2C1=O. The zero-order valence-corrected chi connectivity index (χ0v) is 18.0. The molecule has 2 aromatic carbocycles. The van der Waals surface area contributed by atoms with Crippen molar-refractivity contribution in [1.82, 2.24) is 14.8 Å². The van der Waals surface area contributed by atoms with Gasteiger partial charge in [0.2, 0.25) is 18.6 Å². The van der Waals surface area contributed by atoms with Crippen LogP contribution in [0.3, 0.4) is 0 Å². The minimum absolute atomic E-state index is 0. The molecule has 0 radical (unpaired) electrons. The van der Waals surface area contributed by atoms with Crippen LogP contribution in [0.4, 0.5) is 0 Å². The second-order valence-electron chi connectivity index (χ2n) is 7.79. The normalized spacial score (nSPS) is 22.0. The maximum Gasteiger partial charge on any atom is 0.245 e. The standard InChI is InChI=1S/C22H19N3O4.BrH/c1-24-10-19(26)25-16(22(24)27)9-14-13-4-2-3-5-15(13)23-20(14)21(25)12-6-7-17-18(8-12)29-11-28-17;/h2-8,16,21,23H,9-11H2,1H3;1H/t16-,21-;/m1./s1. The lowest BCUT2D eigenvalue weighted by molar-refractivity contribution is -0.157. The van der Waals surface area contributed by atoms with Gasteiger partial charge < -0.3 is 24.3 Å². The molecule has 154 valence electrons. The second kappa shape index (κ2) is 6.77. The van der Waals surface area contributed by atoms with Gasteiger partial charge in [0.15, 0.2) is 11.5 Å². The average molecular weight is 470 g/mol. The topological polar surface area (TPSA) is 74.9 Å². The van der Waals surface area contributed by atoms with Crippen LogP contribution < -0.4 is 9.47 Å². The molecule has 0 saturated carbocycles. The Morgan fingerprint density at radius 3 is 2.73 bits per heavy atom. The molecule has 2 amide bonds. The summed E-state index contributed by atoms with van der Waals surface area (Å²) in [6.45, 7) is 0.279. The van der Waals surface area contributed by atoms with E-state index in [9.17, 15) is 9.59 Å². The van der Waals surface area contributed by atoms with Crippen LogP contribution in [0.5, 0.6) is 11.5 Å². The fraction of sp³-hybridized carbons (Fsp3) is 0.273. The van der Waals surface area contributed by atoms with Crippen molar-refractivity contribution in [3.63, 3.8) is 0 Å². The molecular weight excluding hydrogens is 450 g/mol. The second-order valence-corrected chi connectivity index (χ2v) is 7.79. The van der Waals surface area contributed by atoms with Crippen LogP contribution in [0.1, 0.15) is 22.9 Å². The van der Waals surface area contributed by atoms with Crippen LogP contribution in [0.25, 0.3) is 10.9 Å². The van der Waals surface area contributed by atoms with E-state index in [-0.39, 0.29) is 48.2 Å². The smallest absolute Gasteiger partial charge is 0.245 e. The Labute approximate surface area is 183 Å². The van der Waals surface area contributed by atoms with Gasteiger partial charge in [-0.2, -0.15) is 0 Å². The molecular formula is C22H20BrN3O4. The molecule has 1 N–H and O–H groups in total. The number of hydrogen-bond acceptors (Lipinski definition) is 4. The van der Waals surface area contributed by atoms with Crippen LogP contribution >= 0.6 is 17.0 Å². The first-order chi connectivity index (χ1) is 14.1. The Hall–Kier alpha value is -3.00. The zero-order valence-electron chi connectivity index (χ0n) is 16.3. The number of amides is 2. The Bertz CT molecular complexity index is 1190. The first kappa shape index (κ1) is 19.0. The molecule has 0 unspecified atom stereocenters. The Balaban J connectivity index is 0.00000193. The number of halogens is 1. The molecule has 7 nitrogen and oxygen atoms in total. The fourth-order valence-electron chi connectivity index (χ4n) is 4.84. The maximum atomic E-state index is 13.1. The van der Waals surface area contributed by atoms with Gasteiger partial charge in [0.25, 0.3) is 0 Å². The number of rotatable bonds is 1. The molecule has 3 aliphatic heterocycles. The molecule has 8 heteroatoms. The van der Waals surface area contributed by atoms with E-state index in [4.69, 9.17) is 9.47 Å². The van der Waals surface area contributed by atoms with Gasteiger partial charge in [0.1, 0.15) is 6.04 Å². The van der Waals surface area contributed by atoms with E-state index in [0.29, 0.717) is 17.9 Å². The van der Waals surface area contributed by atoms with Gasteiger partial charge in [-0.25, -0.2) is 0 Å². The molecule has 3 aliphatic rings. The Kier molecular flexibility index (Phi) is 4.28. The van der Waals surface area contributed by atoms with Gasteiger partial charge in [-0.15, -0.1) is 17.0 Å². The van der Waals surface area contributed by atoms with Gasteiger partial charge >= 0.3 is 0 Å². The van der Waals surface area contributed by atoms with E-state index in [1.165, 1.54) is 4.90 Å². The van der Waals surface area contributed by atoms with Crippen LogP contribution in [-0.2, 0) is 16.0 Å². The van der Waals surface area contributed by atoms with Crippen molar-refractivity contribution in [2.24, 2.45) is 0 Å². The van der Waals surface area contributed by atoms with Gasteiger partial charge in [-0.1, -0.05) is 24.3 Å². The molecule has 1 aromatic heterocycles. The highest BCUT2D eigenvalue weighted by Crippen LogP contribution is 2.44. The molecule has 6 rings (SSSR count). The van der Waals surface area contributed by atoms with Crippen LogP contribution in [0.15, 0.2) is 42.5 Å². The van der Waals surface area contributed by atoms with Crippen LogP contribution in [0, 0.1) is 0 Å². The molecule has 1 saturated heterocycles. The molecule has 0 bridgehead atoms. The zero-order chi connectivity index (χ0) is 19.7. The number of nitrogens with one attached hydrogen (secondary N) is 1. The lowest BCUT2D eigenvalue weighted by Gasteiger charge is -2.46. The lowest BCUT2D eigenvalue weighted by atomic mass is 9.86. The number of nitrogens with zero attached hydrogens (tertiary/aromatic N) is 2. The maximum absolute atomic E-state index is 13.1. The number of aromatic nitrogens is 1. The number of hydrogen-bond donors (Lipinski definition) is 1. The van der Waals surface area contributed by atoms with Crippen molar-refractivity contribution < 1.29 is 19.1 Å². The minimum Gasteiger partial charge on any atom is -0.454 e. The van der Waals surface area contributed by atoms with Crippen molar-refractivity contribution in [2.75, 3.05) is 20.4 Å². The van der Waals surface area contributed by atoms with Crippen LogP contribution in [0.2, 0.25) is 0 Å². The number of piperazine rings is 1. The van der Waals surface area contributed by atoms with Crippen molar-refractivity contribution in [3.8, 4) is 11.5 Å². The third-order valence-corrected chi connectivity index (χ3v) is 6.17. The number of fused-ring (bicyclic) bond motifs is 5. The van der Waals surface area contributed by atoms with E-state index >= 15 is 0 Å². The predicted octanol–water partition coefficient (Wildman–Crippen LogP) is 2.79. The molecule has 3 aromatic rings. The van der Waals surface area contributed by atoms with E-state index in [0.717, 1.165) is 27.7 Å². The molecule has 1 fully saturated rings. The summed E-state index contributed by atoms with van der Waals surface area (Å²) in [5, 5.41) is 1.10.